The zero-order valence-electron chi connectivity index (χ0n) is 12.7. The summed E-state index contributed by atoms with van der Waals surface area (Å²) in [5.74, 6) is -1.48. The number of benzene rings is 1. The number of hydrogen-bond donors (Lipinski definition) is 2. The molecular formula is C15H18N4O4. The molecule has 2 rings (SSSR count). The minimum Gasteiger partial charge on any atom is -0.476 e. The fourth-order valence-corrected chi connectivity index (χ4v) is 2.03. The Morgan fingerprint density at radius 1 is 1.35 bits per heavy atom. The standard InChI is InChI=1S/C15H18N4O4/c1-2-23-13(11-6-4-3-5-7-11)8-16-14(20)10-19-9-12(15(21)22)17-18-19/h3-7,9,13H,2,8,10H2,1H3,(H,16,20)(H,21,22). The molecule has 0 spiro atoms. The van der Waals surface area contributed by atoms with Gasteiger partial charge in [0.2, 0.25) is 5.91 Å². The van der Waals surface area contributed by atoms with E-state index in [0.29, 0.717) is 13.2 Å². The lowest BCUT2D eigenvalue weighted by Crippen LogP contribution is -2.32. The minimum absolute atomic E-state index is 0.103. The molecule has 0 radical (unpaired) electrons. The molecule has 0 fully saturated rings. The van der Waals surface area contributed by atoms with Gasteiger partial charge in [-0.15, -0.1) is 5.10 Å². The van der Waals surface area contributed by atoms with Crippen molar-refractivity contribution in [2.24, 2.45) is 0 Å². The van der Waals surface area contributed by atoms with Gasteiger partial charge in [-0.1, -0.05) is 35.5 Å². The van der Waals surface area contributed by atoms with E-state index in [0.717, 1.165) is 5.56 Å². The minimum atomic E-state index is -1.18. The van der Waals surface area contributed by atoms with Crippen LogP contribution in [0.25, 0.3) is 0 Å². The highest BCUT2D eigenvalue weighted by molar-refractivity contribution is 5.84. The van der Waals surface area contributed by atoms with Gasteiger partial charge in [0.25, 0.3) is 0 Å². The molecule has 23 heavy (non-hydrogen) atoms. The van der Waals surface area contributed by atoms with E-state index < -0.39 is 5.97 Å². The molecular weight excluding hydrogens is 300 g/mol. The summed E-state index contributed by atoms with van der Waals surface area (Å²) in [6.45, 7) is 2.63. The Kier molecular flexibility index (Phi) is 5.81. The van der Waals surface area contributed by atoms with Crippen LogP contribution in [0.4, 0.5) is 0 Å². The van der Waals surface area contributed by atoms with Crippen LogP contribution in [-0.4, -0.2) is 45.1 Å². The Morgan fingerprint density at radius 3 is 2.70 bits per heavy atom. The average molecular weight is 318 g/mol. The quantitative estimate of drug-likeness (QED) is 0.748. The first-order chi connectivity index (χ1) is 11.1. The molecule has 1 aromatic carbocycles. The van der Waals surface area contributed by atoms with Crippen LogP contribution < -0.4 is 5.32 Å². The van der Waals surface area contributed by atoms with Crippen molar-refractivity contribution in [3.8, 4) is 0 Å². The summed E-state index contributed by atoms with van der Waals surface area (Å²) < 4.78 is 6.81. The Hall–Kier alpha value is -2.74. The molecule has 0 saturated carbocycles. The van der Waals surface area contributed by atoms with Crippen molar-refractivity contribution in [1.29, 1.82) is 0 Å². The van der Waals surface area contributed by atoms with Crippen LogP contribution in [-0.2, 0) is 16.1 Å². The SMILES string of the molecule is CCOC(CNC(=O)Cn1cc(C(=O)O)nn1)c1ccccc1. The number of carbonyl (C=O) groups excluding carboxylic acids is 1. The largest absolute Gasteiger partial charge is 0.476 e. The number of aromatic nitrogens is 3. The molecule has 1 atom stereocenters. The second-order valence-electron chi connectivity index (χ2n) is 4.77. The third-order valence-electron chi connectivity index (χ3n) is 3.09. The van der Waals surface area contributed by atoms with Gasteiger partial charge in [-0.2, -0.15) is 0 Å². The highest BCUT2D eigenvalue weighted by Crippen LogP contribution is 2.15. The van der Waals surface area contributed by atoms with Crippen LogP contribution in [0.5, 0.6) is 0 Å². The first-order valence-corrected chi connectivity index (χ1v) is 7.16. The van der Waals surface area contributed by atoms with Crippen LogP contribution in [0, 0.1) is 0 Å². The van der Waals surface area contributed by atoms with E-state index in [1.54, 1.807) is 0 Å². The zero-order valence-corrected chi connectivity index (χ0v) is 12.7. The van der Waals surface area contributed by atoms with Crippen molar-refractivity contribution in [2.75, 3.05) is 13.2 Å². The molecule has 0 aliphatic rings. The average Bonchev–Trinajstić information content (AvgIpc) is 3.01. The number of nitrogens with one attached hydrogen (secondary N) is 1. The lowest BCUT2D eigenvalue weighted by Gasteiger charge is -2.18. The molecule has 0 aliphatic carbocycles. The predicted molar refractivity (Wildman–Crippen MR) is 80.8 cm³/mol. The van der Waals surface area contributed by atoms with E-state index in [4.69, 9.17) is 9.84 Å². The first kappa shape index (κ1) is 16.6. The van der Waals surface area contributed by atoms with Crippen molar-refractivity contribution < 1.29 is 19.4 Å². The first-order valence-electron chi connectivity index (χ1n) is 7.16. The molecule has 0 bridgehead atoms. The number of carboxylic acids is 1. The Balaban J connectivity index is 1.89. The van der Waals surface area contributed by atoms with Gasteiger partial charge in [-0.05, 0) is 12.5 Å². The number of carboxylic acid groups (broad SMARTS) is 1. The van der Waals surface area contributed by atoms with Crippen molar-refractivity contribution in [3.63, 3.8) is 0 Å². The molecule has 1 aromatic heterocycles. The monoisotopic (exact) mass is 318 g/mol. The Morgan fingerprint density at radius 2 is 2.09 bits per heavy atom. The normalized spacial score (nSPS) is 11.9. The molecule has 1 heterocycles. The summed E-state index contributed by atoms with van der Waals surface area (Å²) in [6.07, 6.45) is 0.967. The maximum atomic E-state index is 11.9. The number of ether oxygens (including phenoxy) is 1. The maximum absolute atomic E-state index is 11.9. The third kappa shape index (κ3) is 4.89. The summed E-state index contributed by atoms with van der Waals surface area (Å²) >= 11 is 0. The molecule has 0 saturated heterocycles. The van der Waals surface area contributed by atoms with Crippen molar-refractivity contribution in [2.45, 2.75) is 19.6 Å². The third-order valence-corrected chi connectivity index (χ3v) is 3.09. The number of aromatic carboxylic acids is 1. The fourth-order valence-electron chi connectivity index (χ4n) is 2.03. The molecule has 8 nitrogen and oxygen atoms in total. The van der Waals surface area contributed by atoms with Gasteiger partial charge in [0, 0.05) is 13.2 Å². The van der Waals surface area contributed by atoms with Gasteiger partial charge in [-0.25, -0.2) is 9.48 Å². The van der Waals surface area contributed by atoms with Crippen molar-refractivity contribution in [3.05, 3.63) is 47.8 Å². The number of nitrogens with zero attached hydrogens (tertiary/aromatic N) is 3. The van der Waals surface area contributed by atoms with Crippen LogP contribution >= 0.6 is 0 Å². The highest BCUT2D eigenvalue weighted by atomic mass is 16.5. The van der Waals surface area contributed by atoms with E-state index in [2.05, 4.69) is 15.6 Å². The van der Waals surface area contributed by atoms with E-state index in [1.807, 2.05) is 37.3 Å². The Labute approximate surface area is 133 Å². The van der Waals surface area contributed by atoms with E-state index in [9.17, 15) is 9.59 Å². The molecule has 2 aromatic rings. The van der Waals surface area contributed by atoms with Crippen LogP contribution in [0.1, 0.15) is 29.1 Å². The summed E-state index contributed by atoms with van der Waals surface area (Å²) in [5, 5.41) is 18.6. The molecule has 0 aliphatic heterocycles. The van der Waals surface area contributed by atoms with Gasteiger partial charge in [-0.3, -0.25) is 4.79 Å². The number of amides is 1. The topological polar surface area (TPSA) is 106 Å². The van der Waals surface area contributed by atoms with Gasteiger partial charge in [0.1, 0.15) is 6.54 Å². The summed E-state index contributed by atoms with van der Waals surface area (Å²) in [5.41, 5.74) is 0.776. The number of rotatable bonds is 8. The number of hydrogen-bond acceptors (Lipinski definition) is 5. The lowest BCUT2D eigenvalue weighted by atomic mass is 10.1. The fraction of sp³-hybridized carbons (Fsp3) is 0.333. The summed E-state index contributed by atoms with van der Waals surface area (Å²) in [4.78, 5) is 22.6. The maximum Gasteiger partial charge on any atom is 0.358 e. The van der Waals surface area contributed by atoms with Gasteiger partial charge < -0.3 is 15.2 Å². The summed E-state index contributed by atoms with van der Waals surface area (Å²) in [7, 11) is 0. The predicted octanol–water partition coefficient (Wildman–Crippen LogP) is 0.870. The van der Waals surface area contributed by atoms with E-state index in [1.165, 1.54) is 10.9 Å². The van der Waals surface area contributed by atoms with E-state index >= 15 is 0 Å². The Bertz CT molecular complexity index is 657. The van der Waals surface area contributed by atoms with Crippen LogP contribution in [0.2, 0.25) is 0 Å². The number of carbonyl (C=O) groups is 2. The van der Waals surface area contributed by atoms with E-state index in [-0.39, 0.29) is 24.2 Å². The van der Waals surface area contributed by atoms with Gasteiger partial charge in [0.15, 0.2) is 5.69 Å². The van der Waals surface area contributed by atoms with Crippen molar-refractivity contribution in [1.82, 2.24) is 20.3 Å². The highest BCUT2D eigenvalue weighted by Gasteiger charge is 2.14. The van der Waals surface area contributed by atoms with Crippen LogP contribution in [0.15, 0.2) is 36.5 Å². The lowest BCUT2D eigenvalue weighted by molar-refractivity contribution is -0.122. The second-order valence-corrected chi connectivity index (χ2v) is 4.77. The van der Waals surface area contributed by atoms with Gasteiger partial charge >= 0.3 is 5.97 Å². The molecule has 1 unspecified atom stereocenters. The molecule has 8 heteroatoms. The second kappa shape index (κ2) is 8.04. The molecule has 122 valence electrons. The smallest absolute Gasteiger partial charge is 0.358 e. The summed E-state index contributed by atoms with van der Waals surface area (Å²) in [6, 6.07) is 9.60. The van der Waals surface area contributed by atoms with Gasteiger partial charge in [0.05, 0.1) is 12.3 Å². The zero-order chi connectivity index (χ0) is 16.7. The molecule has 1 amide bonds. The van der Waals surface area contributed by atoms with Crippen molar-refractivity contribution >= 4 is 11.9 Å². The van der Waals surface area contributed by atoms with Crippen LogP contribution in [0.3, 0.4) is 0 Å². The molecule has 2 N–H and O–H groups in total.